The van der Waals surface area contributed by atoms with Gasteiger partial charge in [-0.3, -0.25) is 14.5 Å². The van der Waals surface area contributed by atoms with Gasteiger partial charge < -0.3 is 10.6 Å². The van der Waals surface area contributed by atoms with Gasteiger partial charge in [0.2, 0.25) is 0 Å². The van der Waals surface area contributed by atoms with Crippen LogP contribution in [0.1, 0.15) is 16.1 Å². The van der Waals surface area contributed by atoms with Crippen LogP contribution in [0.2, 0.25) is 0 Å². The highest BCUT2D eigenvalue weighted by Gasteiger charge is 2.19. The molecule has 0 aliphatic rings. The van der Waals surface area contributed by atoms with Crippen molar-refractivity contribution in [2.24, 2.45) is 7.05 Å². The van der Waals surface area contributed by atoms with Crippen molar-refractivity contribution in [3.8, 4) is 0 Å². The van der Waals surface area contributed by atoms with Crippen LogP contribution in [0.5, 0.6) is 0 Å². The molecule has 18 heavy (non-hydrogen) atoms. The number of pyridine rings is 1. The molecule has 0 radical (unpaired) electrons. The highest BCUT2D eigenvalue weighted by molar-refractivity contribution is 5.97. The number of hydrogen-bond donors (Lipinski definition) is 1. The van der Waals surface area contributed by atoms with Crippen molar-refractivity contribution in [2.75, 3.05) is 12.8 Å². The second-order valence-electron chi connectivity index (χ2n) is 4.09. The summed E-state index contributed by atoms with van der Waals surface area (Å²) in [6, 6.07) is 3.76. The maximum atomic E-state index is 12.2. The zero-order valence-electron chi connectivity index (χ0n) is 10.4. The normalized spacial score (nSPS) is 10.3. The summed E-state index contributed by atoms with van der Waals surface area (Å²) in [6.07, 6.45) is 4.91. The van der Waals surface area contributed by atoms with Gasteiger partial charge in [-0.1, -0.05) is 6.07 Å². The lowest BCUT2D eigenvalue weighted by Gasteiger charge is -2.17. The molecule has 2 N–H and O–H groups in total. The number of anilines is 1. The van der Waals surface area contributed by atoms with Crippen molar-refractivity contribution < 1.29 is 4.79 Å². The molecular formula is C12H15N5O. The Kier molecular flexibility index (Phi) is 3.27. The summed E-state index contributed by atoms with van der Waals surface area (Å²) < 4.78 is 1.48. The first-order chi connectivity index (χ1) is 8.59. The van der Waals surface area contributed by atoms with E-state index in [1.165, 1.54) is 10.9 Å². The van der Waals surface area contributed by atoms with Gasteiger partial charge in [-0.15, -0.1) is 0 Å². The molecule has 0 saturated carbocycles. The fourth-order valence-electron chi connectivity index (χ4n) is 1.73. The molecule has 2 aromatic heterocycles. The number of nitrogen functional groups attached to an aromatic ring is 1. The summed E-state index contributed by atoms with van der Waals surface area (Å²) >= 11 is 0. The predicted octanol–water partition coefficient (Wildman–Crippen LogP) is 0.669. The number of carbonyl (C=O) groups excluding carboxylic acids is 1. The number of nitrogens with two attached hydrogens (primary N) is 1. The van der Waals surface area contributed by atoms with Gasteiger partial charge in [0, 0.05) is 33.0 Å². The Morgan fingerprint density at radius 1 is 1.50 bits per heavy atom. The topological polar surface area (TPSA) is 77.0 Å². The second kappa shape index (κ2) is 4.87. The summed E-state index contributed by atoms with van der Waals surface area (Å²) in [6.45, 7) is 0.483. The van der Waals surface area contributed by atoms with Crippen molar-refractivity contribution in [2.45, 2.75) is 6.54 Å². The fraction of sp³-hybridized carbons (Fsp3) is 0.250. The predicted molar refractivity (Wildman–Crippen MR) is 67.7 cm³/mol. The third kappa shape index (κ3) is 2.32. The minimum absolute atomic E-state index is 0.156. The molecule has 0 saturated heterocycles. The summed E-state index contributed by atoms with van der Waals surface area (Å²) in [5.74, 6) is -0.156. The molecule has 0 aromatic carbocycles. The Hall–Kier alpha value is -2.37. The molecular weight excluding hydrogens is 230 g/mol. The number of aromatic nitrogens is 3. The number of nitrogens with zero attached hydrogens (tertiary/aromatic N) is 4. The van der Waals surface area contributed by atoms with Gasteiger partial charge in [-0.05, 0) is 11.6 Å². The van der Waals surface area contributed by atoms with Gasteiger partial charge in [0.25, 0.3) is 5.91 Å². The molecule has 6 nitrogen and oxygen atoms in total. The molecule has 1 amide bonds. The first-order valence-electron chi connectivity index (χ1n) is 5.51. The molecule has 0 bridgehead atoms. The SMILES string of the molecule is CN(Cc1cccnc1)C(=O)c1c(N)cnn1C. The molecule has 2 heterocycles. The maximum Gasteiger partial charge on any atom is 0.274 e. The van der Waals surface area contributed by atoms with Gasteiger partial charge in [0.15, 0.2) is 0 Å². The van der Waals surface area contributed by atoms with Crippen LogP contribution in [0.4, 0.5) is 5.69 Å². The molecule has 0 fully saturated rings. The van der Waals surface area contributed by atoms with Crippen LogP contribution in [0.15, 0.2) is 30.7 Å². The van der Waals surface area contributed by atoms with Gasteiger partial charge in [0.1, 0.15) is 5.69 Å². The molecule has 6 heteroatoms. The Labute approximate surface area is 105 Å². The van der Waals surface area contributed by atoms with Gasteiger partial charge in [-0.2, -0.15) is 5.10 Å². The minimum Gasteiger partial charge on any atom is -0.396 e. The van der Waals surface area contributed by atoms with Gasteiger partial charge >= 0.3 is 0 Å². The molecule has 2 aromatic rings. The number of carbonyl (C=O) groups is 1. The van der Waals surface area contributed by atoms with E-state index in [0.717, 1.165) is 5.56 Å². The summed E-state index contributed by atoms with van der Waals surface area (Å²) in [7, 11) is 3.42. The van der Waals surface area contributed by atoms with E-state index in [4.69, 9.17) is 5.73 Å². The fourth-order valence-corrected chi connectivity index (χ4v) is 1.73. The maximum absolute atomic E-state index is 12.2. The van der Waals surface area contributed by atoms with E-state index in [1.807, 2.05) is 12.1 Å². The zero-order chi connectivity index (χ0) is 13.1. The van der Waals surface area contributed by atoms with E-state index >= 15 is 0 Å². The quantitative estimate of drug-likeness (QED) is 0.862. The third-order valence-corrected chi connectivity index (χ3v) is 2.66. The van der Waals surface area contributed by atoms with Gasteiger partial charge in [0.05, 0.1) is 11.9 Å². The minimum atomic E-state index is -0.156. The zero-order valence-corrected chi connectivity index (χ0v) is 10.4. The van der Waals surface area contributed by atoms with Crippen LogP contribution in [-0.2, 0) is 13.6 Å². The van der Waals surface area contributed by atoms with E-state index < -0.39 is 0 Å². The molecule has 2 rings (SSSR count). The van der Waals surface area contributed by atoms with Crippen molar-refractivity contribution in [3.05, 3.63) is 42.0 Å². The van der Waals surface area contributed by atoms with Crippen molar-refractivity contribution in [3.63, 3.8) is 0 Å². The monoisotopic (exact) mass is 245 g/mol. The number of amides is 1. The highest BCUT2D eigenvalue weighted by Crippen LogP contribution is 2.13. The molecule has 0 spiro atoms. The van der Waals surface area contributed by atoms with Crippen LogP contribution in [0.25, 0.3) is 0 Å². The Morgan fingerprint density at radius 3 is 2.83 bits per heavy atom. The first kappa shape index (κ1) is 12.1. The van der Waals surface area contributed by atoms with Crippen molar-refractivity contribution in [1.29, 1.82) is 0 Å². The van der Waals surface area contributed by atoms with E-state index in [1.54, 1.807) is 31.4 Å². The second-order valence-corrected chi connectivity index (χ2v) is 4.09. The van der Waals surface area contributed by atoms with Crippen molar-refractivity contribution >= 4 is 11.6 Å². The molecule has 0 aliphatic heterocycles. The smallest absolute Gasteiger partial charge is 0.274 e. The van der Waals surface area contributed by atoms with E-state index in [-0.39, 0.29) is 5.91 Å². The number of aryl methyl sites for hydroxylation is 1. The Balaban J connectivity index is 2.15. The largest absolute Gasteiger partial charge is 0.396 e. The molecule has 0 unspecified atom stereocenters. The average molecular weight is 245 g/mol. The molecule has 0 aliphatic carbocycles. The van der Waals surface area contributed by atoms with Crippen LogP contribution < -0.4 is 5.73 Å². The highest BCUT2D eigenvalue weighted by atomic mass is 16.2. The standard InChI is InChI=1S/C12H15N5O/c1-16(8-9-4-3-5-14-6-9)12(18)11-10(13)7-15-17(11)2/h3-7H,8,13H2,1-2H3. The first-order valence-corrected chi connectivity index (χ1v) is 5.51. The Morgan fingerprint density at radius 2 is 2.28 bits per heavy atom. The number of hydrogen-bond acceptors (Lipinski definition) is 4. The third-order valence-electron chi connectivity index (χ3n) is 2.66. The molecule has 94 valence electrons. The summed E-state index contributed by atoms with van der Waals surface area (Å²) in [5, 5.41) is 3.96. The van der Waals surface area contributed by atoms with Crippen LogP contribution in [-0.4, -0.2) is 32.6 Å². The van der Waals surface area contributed by atoms with Crippen LogP contribution in [0.3, 0.4) is 0 Å². The van der Waals surface area contributed by atoms with Crippen LogP contribution >= 0.6 is 0 Å². The lowest BCUT2D eigenvalue weighted by Crippen LogP contribution is -2.28. The summed E-state index contributed by atoms with van der Waals surface area (Å²) in [5.41, 5.74) is 7.49. The van der Waals surface area contributed by atoms with Crippen LogP contribution in [0, 0.1) is 0 Å². The number of rotatable bonds is 3. The lowest BCUT2D eigenvalue weighted by atomic mass is 10.2. The van der Waals surface area contributed by atoms with E-state index in [0.29, 0.717) is 17.9 Å². The molecule has 0 atom stereocenters. The van der Waals surface area contributed by atoms with E-state index in [2.05, 4.69) is 10.1 Å². The Bertz CT molecular complexity index is 529. The van der Waals surface area contributed by atoms with Crippen molar-refractivity contribution in [1.82, 2.24) is 19.7 Å². The lowest BCUT2D eigenvalue weighted by molar-refractivity contribution is 0.0775. The summed E-state index contributed by atoms with van der Waals surface area (Å²) in [4.78, 5) is 17.8. The van der Waals surface area contributed by atoms with Gasteiger partial charge in [-0.25, -0.2) is 0 Å². The van der Waals surface area contributed by atoms with E-state index in [9.17, 15) is 4.79 Å². The average Bonchev–Trinajstić information content (AvgIpc) is 2.69.